The molecule has 0 unspecified atom stereocenters. The number of hydrogen-bond acceptors (Lipinski definition) is 9. The molecule has 2 aliphatic rings. The number of aromatic nitrogens is 3. The quantitative estimate of drug-likeness (QED) is 0.257. The molecule has 4 atom stereocenters. The van der Waals surface area contributed by atoms with Crippen LogP contribution in [0.1, 0.15) is 38.3 Å². The summed E-state index contributed by atoms with van der Waals surface area (Å²) in [5.74, 6) is -0.333. The molecule has 12 nitrogen and oxygen atoms in total. The first-order valence-electron chi connectivity index (χ1n) is 10.5. The number of fused-ring (bicyclic) bond motifs is 1. The molecule has 3 heterocycles. The third kappa shape index (κ3) is 5.68. The average molecular weight is 525 g/mol. The maximum atomic E-state index is 12.1. The number of nitrogens with one attached hydrogen (secondary N) is 1. The van der Waals surface area contributed by atoms with E-state index in [4.69, 9.17) is 26.1 Å². The van der Waals surface area contributed by atoms with Crippen molar-refractivity contribution in [2.24, 2.45) is 0 Å². The van der Waals surface area contributed by atoms with Gasteiger partial charge in [0, 0.05) is 12.2 Å². The first-order valence-corrected chi connectivity index (χ1v) is 14.5. The molecule has 0 aromatic carbocycles. The van der Waals surface area contributed by atoms with Gasteiger partial charge in [-0.15, -0.1) is 0 Å². The topological polar surface area (TPSA) is 184 Å². The van der Waals surface area contributed by atoms with Crippen LogP contribution in [-0.4, -0.2) is 78.6 Å². The SMILES string of the molecule is O=P(O)(O)CS(=O)(=O)C[C@H]1O[C@@H](n2ccc3c(NC4CCCCC4)nc(Cl)nc32)[C@H](O)[C@@H]1O. The second-order valence-corrected chi connectivity index (χ2v) is 13.1. The monoisotopic (exact) mass is 524 g/mol. The molecule has 0 amide bonds. The molecule has 33 heavy (non-hydrogen) atoms. The Morgan fingerprint density at radius 3 is 2.55 bits per heavy atom. The van der Waals surface area contributed by atoms with E-state index in [1.165, 1.54) is 11.0 Å². The Morgan fingerprint density at radius 2 is 1.88 bits per heavy atom. The first-order chi connectivity index (χ1) is 15.4. The van der Waals surface area contributed by atoms with Crippen molar-refractivity contribution in [3.05, 3.63) is 17.5 Å². The minimum atomic E-state index is -4.83. The fraction of sp³-hybridized carbons (Fsp3) is 0.667. The van der Waals surface area contributed by atoms with Crippen molar-refractivity contribution in [1.29, 1.82) is 0 Å². The van der Waals surface area contributed by atoms with Gasteiger partial charge in [0.2, 0.25) is 5.28 Å². The fourth-order valence-electron chi connectivity index (χ4n) is 4.42. The number of sulfone groups is 1. The Hall–Kier alpha value is -1.31. The second-order valence-electron chi connectivity index (χ2n) is 8.53. The largest absolute Gasteiger partial charge is 0.387 e. The lowest BCUT2D eigenvalue weighted by Crippen LogP contribution is -2.35. The van der Waals surface area contributed by atoms with Gasteiger partial charge in [0.1, 0.15) is 29.8 Å². The van der Waals surface area contributed by atoms with E-state index in [1.54, 1.807) is 12.3 Å². The van der Waals surface area contributed by atoms with Crippen molar-refractivity contribution < 1.29 is 37.7 Å². The minimum Gasteiger partial charge on any atom is -0.387 e. The minimum absolute atomic E-state index is 0.0328. The summed E-state index contributed by atoms with van der Waals surface area (Å²) in [5.41, 5.74) is -1.05. The smallest absolute Gasteiger partial charge is 0.340 e. The maximum Gasteiger partial charge on any atom is 0.340 e. The Labute approximate surface area is 195 Å². The van der Waals surface area contributed by atoms with Crippen molar-refractivity contribution in [1.82, 2.24) is 14.5 Å². The standard InChI is InChI=1S/C18H26ClN4O8PS/c19-18-21-15(20-10-4-2-1-3-5-10)11-6-7-23(16(11)22-18)17-14(25)13(24)12(31-17)8-33(29,30)9-32(26,27)28/h6-7,10,12-14,17,24-25H,1-5,8-9H2,(H,20,21,22)(H2,26,27,28)/t12-,13-,14-,17-/m1/s1. The summed E-state index contributed by atoms with van der Waals surface area (Å²) in [7, 11) is -9.10. The fourth-order valence-corrected chi connectivity index (χ4v) is 7.83. The molecule has 15 heteroatoms. The number of halogens is 1. The van der Waals surface area contributed by atoms with E-state index < -0.39 is 53.2 Å². The van der Waals surface area contributed by atoms with E-state index >= 15 is 0 Å². The van der Waals surface area contributed by atoms with E-state index in [0.717, 1.165) is 25.7 Å². The molecule has 4 rings (SSSR count). The Bertz CT molecular complexity index is 1170. The summed E-state index contributed by atoms with van der Waals surface area (Å²) in [6.07, 6.45) is 1.30. The summed E-state index contributed by atoms with van der Waals surface area (Å²) in [6, 6.07) is 1.95. The van der Waals surface area contributed by atoms with Gasteiger partial charge in [-0.25, -0.2) is 13.4 Å². The van der Waals surface area contributed by atoms with Crippen LogP contribution in [0.4, 0.5) is 5.82 Å². The van der Waals surface area contributed by atoms with Gasteiger partial charge < -0.3 is 34.6 Å². The third-order valence-electron chi connectivity index (χ3n) is 5.89. The molecule has 2 fully saturated rings. The third-order valence-corrected chi connectivity index (χ3v) is 9.81. The Kier molecular flexibility index (Phi) is 7.05. The summed E-state index contributed by atoms with van der Waals surface area (Å²) >= 11 is 6.14. The van der Waals surface area contributed by atoms with Gasteiger partial charge in [-0.2, -0.15) is 4.98 Å². The van der Waals surface area contributed by atoms with Crippen LogP contribution >= 0.6 is 19.2 Å². The molecule has 1 saturated carbocycles. The van der Waals surface area contributed by atoms with Crippen molar-refractivity contribution in [3.8, 4) is 0 Å². The predicted molar refractivity (Wildman–Crippen MR) is 120 cm³/mol. The number of ether oxygens (including phenoxy) is 1. The second kappa shape index (κ2) is 9.38. The van der Waals surface area contributed by atoms with Crippen molar-refractivity contribution in [3.63, 3.8) is 0 Å². The summed E-state index contributed by atoms with van der Waals surface area (Å²) in [5, 5.41) is 24.9. The average Bonchev–Trinajstić information content (AvgIpc) is 3.23. The van der Waals surface area contributed by atoms with Gasteiger partial charge in [-0.3, -0.25) is 4.57 Å². The van der Waals surface area contributed by atoms with Crippen LogP contribution in [0.25, 0.3) is 11.0 Å². The van der Waals surface area contributed by atoms with E-state index in [9.17, 15) is 23.2 Å². The van der Waals surface area contributed by atoms with Crippen LogP contribution in [0.2, 0.25) is 5.28 Å². The first kappa shape index (κ1) is 24.8. The van der Waals surface area contributed by atoms with Crippen LogP contribution in [0.3, 0.4) is 0 Å². The van der Waals surface area contributed by atoms with E-state index in [2.05, 4.69) is 15.3 Å². The van der Waals surface area contributed by atoms with Crippen LogP contribution in [0.15, 0.2) is 12.3 Å². The number of nitrogens with zero attached hydrogens (tertiary/aromatic N) is 3. The molecule has 5 N–H and O–H groups in total. The highest BCUT2D eigenvalue weighted by Gasteiger charge is 2.46. The van der Waals surface area contributed by atoms with Gasteiger partial charge in [0.25, 0.3) is 0 Å². The van der Waals surface area contributed by atoms with Gasteiger partial charge in [-0.05, 0) is 30.5 Å². The summed E-state index contributed by atoms with van der Waals surface area (Å²) in [4.78, 5) is 26.5. The van der Waals surface area contributed by atoms with Crippen LogP contribution in [0.5, 0.6) is 0 Å². The van der Waals surface area contributed by atoms with E-state index in [1.807, 2.05) is 0 Å². The zero-order valence-electron chi connectivity index (χ0n) is 17.5. The highest BCUT2D eigenvalue weighted by molar-refractivity contribution is 7.97. The van der Waals surface area contributed by atoms with Gasteiger partial charge >= 0.3 is 7.60 Å². The van der Waals surface area contributed by atoms with Crippen molar-refractivity contribution in [2.45, 2.75) is 62.7 Å². The van der Waals surface area contributed by atoms with Gasteiger partial charge in [0.05, 0.1) is 11.1 Å². The lowest BCUT2D eigenvalue weighted by molar-refractivity contribution is -0.0288. The Morgan fingerprint density at radius 1 is 1.18 bits per heavy atom. The van der Waals surface area contributed by atoms with Gasteiger partial charge in [-0.1, -0.05) is 19.3 Å². The van der Waals surface area contributed by atoms with Crippen molar-refractivity contribution in [2.75, 3.05) is 16.6 Å². The molecule has 1 saturated heterocycles. The molecule has 2 aromatic heterocycles. The van der Waals surface area contributed by atoms with E-state index in [-0.39, 0.29) is 11.3 Å². The maximum absolute atomic E-state index is 12.1. The van der Waals surface area contributed by atoms with Crippen LogP contribution in [-0.2, 0) is 19.1 Å². The number of aliphatic hydroxyl groups excluding tert-OH is 2. The molecule has 0 bridgehead atoms. The normalized spacial score (nSPS) is 27.3. The van der Waals surface area contributed by atoms with Gasteiger partial charge in [0.15, 0.2) is 21.6 Å². The number of anilines is 1. The van der Waals surface area contributed by atoms with Crippen LogP contribution in [0, 0.1) is 0 Å². The molecule has 2 aromatic rings. The summed E-state index contributed by atoms with van der Waals surface area (Å²) in [6.45, 7) is 0. The molecular formula is C18H26ClN4O8PS. The molecule has 1 aliphatic carbocycles. The molecule has 184 valence electrons. The Balaban J connectivity index is 1.59. The molecule has 0 radical (unpaired) electrons. The lowest BCUT2D eigenvalue weighted by atomic mass is 9.95. The predicted octanol–water partition coefficient (Wildman–Crippen LogP) is 0.998. The number of rotatable bonds is 7. The molecule has 0 spiro atoms. The highest BCUT2D eigenvalue weighted by Crippen LogP contribution is 2.39. The van der Waals surface area contributed by atoms with E-state index in [0.29, 0.717) is 16.9 Å². The van der Waals surface area contributed by atoms with Crippen molar-refractivity contribution >= 4 is 45.9 Å². The molecule has 1 aliphatic heterocycles. The molecular weight excluding hydrogens is 499 g/mol. The summed E-state index contributed by atoms with van der Waals surface area (Å²) < 4.78 is 42.4. The van der Waals surface area contributed by atoms with Crippen LogP contribution < -0.4 is 5.32 Å². The highest BCUT2D eigenvalue weighted by atomic mass is 35.5. The zero-order valence-corrected chi connectivity index (χ0v) is 20.0. The number of hydrogen-bond donors (Lipinski definition) is 5. The lowest BCUT2D eigenvalue weighted by Gasteiger charge is -2.23. The zero-order chi connectivity index (χ0) is 24.0. The number of aliphatic hydroxyl groups is 2.